The van der Waals surface area contributed by atoms with E-state index < -0.39 is 9.84 Å². The summed E-state index contributed by atoms with van der Waals surface area (Å²) in [5.41, 5.74) is 7.46. The van der Waals surface area contributed by atoms with Crippen LogP contribution < -0.4 is 4.90 Å². The third-order valence-corrected chi connectivity index (χ3v) is 13.0. The predicted octanol–water partition coefficient (Wildman–Crippen LogP) is 5.42. The van der Waals surface area contributed by atoms with Gasteiger partial charge in [0.15, 0.2) is 0 Å². The van der Waals surface area contributed by atoms with Gasteiger partial charge in [-0.1, -0.05) is 12.1 Å². The molecule has 45 heavy (non-hydrogen) atoms. The summed E-state index contributed by atoms with van der Waals surface area (Å²) in [6.07, 6.45) is 5.91. The molecular formula is C36H51N5O3S. The number of aryl methyl sites for hydroxylation is 1. The second kappa shape index (κ2) is 13.0. The van der Waals surface area contributed by atoms with Crippen molar-refractivity contribution in [3.63, 3.8) is 0 Å². The second-order valence-electron chi connectivity index (χ2n) is 14.2. The molecule has 7 rings (SSSR count). The zero-order valence-electron chi connectivity index (χ0n) is 27.5. The fraction of sp³-hybridized carbons (Fsp3) is 0.639. The Morgan fingerprint density at radius 1 is 0.800 bits per heavy atom. The molecule has 0 saturated carbocycles. The maximum Gasteiger partial charge on any atom is 0.150 e. The lowest BCUT2D eigenvalue weighted by molar-refractivity contribution is 0.0252. The zero-order valence-corrected chi connectivity index (χ0v) is 28.3. The highest BCUT2D eigenvalue weighted by Crippen LogP contribution is 2.40. The van der Waals surface area contributed by atoms with Crippen molar-refractivity contribution in [2.45, 2.75) is 76.3 Å². The van der Waals surface area contributed by atoms with E-state index in [9.17, 15) is 8.42 Å². The number of fused-ring (bicyclic) bond motifs is 1. The van der Waals surface area contributed by atoms with E-state index in [1.807, 2.05) is 0 Å². The number of likely N-dealkylation sites (tertiary alicyclic amines) is 1. The van der Waals surface area contributed by atoms with Crippen LogP contribution in [0.5, 0.6) is 0 Å². The molecule has 3 aromatic rings. The molecule has 4 aliphatic heterocycles. The Morgan fingerprint density at radius 2 is 1.47 bits per heavy atom. The van der Waals surface area contributed by atoms with Crippen molar-refractivity contribution in [1.29, 1.82) is 0 Å². The maximum absolute atomic E-state index is 12.2. The summed E-state index contributed by atoms with van der Waals surface area (Å²) in [6, 6.07) is 15.2. The van der Waals surface area contributed by atoms with Gasteiger partial charge in [-0.05, 0) is 112 Å². The van der Waals surface area contributed by atoms with E-state index in [1.54, 1.807) is 0 Å². The van der Waals surface area contributed by atoms with Gasteiger partial charge >= 0.3 is 0 Å². The van der Waals surface area contributed by atoms with Crippen molar-refractivity contribution in [2.24, 2.45) is 7.05 Å². The SMILES string of the molecule is CC(C)N1CCN(c2ccc(-c3cc(C4CCN(C5CCOCC5)CC4)c4nc(C5CCS(=O)(=O)CC5)n(C)c4c3)cc2)CC1. The summed E-state index contributed by atoms with van der Waals surface area (Å²) in [6.45, 7) is 13.0. The number of aromatic nitrogens is 2. The minimum absolute atomic E-state index is 0.188. The topological polar surface area (TPSA) is 70.9 Å². The average Bonchev–Trinajstić information content (AvgIpc) is 3.41. The number of sulfone groups is 1. The Labute approximate surface area is 269 Å². The Kier molecular flexibility index (Phi) is 8.98. The standard InChI is InChI=1S/C36H51N5O3S/c1-26(2)39-16-18-41(19-17-39)31-6-4-27(5-7-31)30-24-33(28-8-14-40(15-9-28)32-10-20-44-21-11-32)35-34(25-30)38(3)36(37-35)29-12-22-45(42,43)23-13-29/h4-7,24-26,28-29,32H,8-23H2,1-3H3. The van der Waals surface area contributed by atoms with E-state index in [2.05, 4.69) is 76.6 Å². The van der Waals surface area contributed by atoms with Gasteiger partial charge in [0.25, 0.3) is 0 Å². The number of piperidine rings is 1. The van der Waals surface area contributed by atoms with E-state index in [0.717, 1.165) is 89.5 Å². The van der Waals surface area contributed by atoms with Crippen LogP contribution in [0, 0.1) is 0 Å². The zero-order chi connectivity index (χ0) is 31.1. The number of ether oxygens (including phenoxy) is 1. The maximum atomic E-state index is 12.2. The first-order valence-electron chi connectivity index (χ1n) is 17.4. The molecule has 0 bridgehead atoms. The first kappa shape index (κ1) is 31.2. The highest BCUT2D eigenvalue weighted by atomic mass is 32.2. The molecule has 1 aromatic heterocycles. The van der Waals surface area contributed by atoms with Crippen LogP contribution in [-0.4, -0.2) is 104 Å². The van der Waals surface area contributed by atoms with E-state index in [1.165, 1.54) is 27.9 Å². The average molecular weight is 634 g/mol. The number of imidazole rings is 1. The second-order valence-corrected chi connectivity index (χ2v) is 16.5. The van der Waals surface area contributed by atoms with Crippen LogP contribution in [-0.2, 0) is 21.6 Å². The smallest absolute Gasteiger partial charge is 0.150 e. The Hall–Kier alpha value is -2.46. The van der Waals surface area contributed by atoms with E-state index in [0.29, 0.717) is 30.8 Å². The number of piperazine rings is 1. The largest absolute Gasteiger partial charge is 0.381 e. The fourth-order valence-corrected chi connectivity index (χ4v) is 9.80. The van der Waals surface area contributed by atoms with Crippen molar-refractivity contribution >= 4 is 26.6 Å². The quantitative estimate of drug-likeness (QED) is 0.359. The highest BCUT2D eigenvalue weighted by Gasteiger charge is 2.32. The molecule has 244 valence electrons. The molecule has 0 unspecified atom stereocenters. The Bertz CT molecular complexity index is 1560. The predicted molar refractivity (Wildman–Crippen MR) is 183 cm³/mol. The minimum atomic E-state index is -2.92. The highest BCUT2D eigenvalue weighted by molar-refractivity contribution is 7.91. The summed E-state index contributed by atoms with van der Waals surface area (Å²) in [4.78, 5) is 13.1. The van der Waals surface area contributed by atoms with Crippen LogP contribution in [0.1, 0.15) is 75.6 Å². The lowest BCUT2D eigenvalue weighted by Crippen LogP contribution is -2.48. The van der Waals surface area contributed by atoms with Crippen LogP contribution in [0.15, 0.2) is 36.4 Å². The van der Waals surface area contributed by atoms with Gasteiger partial charge in [-0.25, -0.2) is 13.4 Å². The molecule has 0 radical (unpaired) electrons. The summed E-state index contributed by atoms with van der Waals surface area (Å²) >= 11 is 0. The Morgan fingerprint density at radius 3 is 2.11 bits per heavy atom. The van der Waals surface area contributed by atoms with Crippen LogP contribution >= 0.6 is 0 Å². The summed E-state index contributed by atoms with van der Waals surface area (Å²) in [5, 5.41) is 0. The minimum Gasteiger partial charge on any atom is -0.381 e. The van der Waals surface area contributed by atoms with Gasteiger partial charge < -0.3 is 19.1 Å². The molecule has 0 spiro atoms. The Balaban J connectivity index is 1.18. The lowest BCUT2D eigenvalue weighted by atomic mass is 9.86. The first-order valence-corrected chi connectivity index (χ1v) is 19.2. The van der Waals surface area contributed by atoms with E-state index >= 15 is 0 Å². The summed E-state index contributed by atoms with van der Waals surface area (Å²) < 4.78 is 32.3. The number of anilines is 1. The van der Waals surface area contributed by atoms with E-state index in [4.69, 9.17) is 9.72 Å². The number of benzene rings is 2. The normalized spacial score (nSPS) is 23.3. The molecule has 8 nitrogen and oxygen atoms in total. The van der Waals surface area contributed by atoms with Gasteiger partial charge in [0.1, 0.15) is 15.7 Å². The number of hydrogen-bond acceptors (Lipinski definition) is 7. The van der Waals surface area contributed by atoms with Gasteiger partial charge in [-0.15, -0.1) is 0 Å². The van der Waals surface area contributed by atoms with Crippen molar-refractivity contribution in [3.8, 4) is 11.1 Å². The lowest BCUT2D eigenvalue weighted by Gasteiger charge is -2.39. The first-order chi connectivity index (χ1) is 21.8. The summed E-state index contributed by atoms with van der Waals surface area (Å²) in [5.74, 6) is 2.24. The van der Waals surface area contributed by atoms with Crippen LogP contribution in [0.2, 0.25) is 0 Å². The third kappa shape index (κ3) is 6.55. The molecule has 4 saturated heterocycles. The monoisotopic (exact) mass is 633 g/mol. The summed E-state index contributed by atoms with van der Waals surface area (Å²) in [7, 11) is -0.789. The molecule has 0 aliphatic carbocycles. The molecule has 0 amide bonds. The third-order valence-electron chi connectivity index (χ3n) is 11.3. The van der Waals surface area contributed by atoms with Crippen molar-refractivity contribution in [2.75, 3.05) is 68.9 Å². The molecule has 9 heteroatoms. The van der Waals surface area contributed by atoms with Gasteiger partial charge in [0.05, 0.1) is 22.5 Å². The van der Waals surface area contributed by atoms with Gasteiger partial charge in [-0.2, -0.15) is 0 Å². The van der Waals surface area contributed by atoms with Crippen molar-refractivity contribution in [1.82, 2.24) is 19.4 Å². The number of rotatable bonds is 6. The number of hydrogen-bond donors (Lipinski definition) is 0. The van der Waals surface area contributed by atoms with Gasteiger partial charge in [-0.3, -0.25) is 4.90 Å². The fourth-order valence-electron chi connectivity index (χ4n) is 8.31. The molecule has 4 fully saturated rings. The molecular weight excluding hydrogens is 582 g/mol. The van der Waals surface area contributed by atoms with Gasteiger partial charge in [0.2, 0.25) is 0 Å². The van der Waals surface area contributed by atoms with Crippen molar-refractivity contribution < 1.29 is 13.2 Å². The van der Waals surface area contributed by atoms with Crippen LogP contribution in [0.3, 0.4) is 0 Å². The van der Waals surface area contributed by atoms with Crippen LogP contribution in [0.25, 0.3) is 22.2 Å². The van der Waals surface area contributed by atoms with Gasteiger partial charge in [0, 0.05) is 70.1 Å². The molecule has 0 atom stereocenters. The van der Waals surface area contributed by atoms with Crippen molar-refractivity contribution in [3.05, 3.63) is 47.8 Å². The molecule has 0 N–H and O–H groups in total. The molecule has 2 aromatic carbocycles. The number of nitrogens with zero attached hydrogens (tertiary/aromatic N) is 5. The van der Waals surface area contributed by atoms with E-state index in [-0.39, 0.29) is 17.4 Å². The molecule has 4 aliphatic rings. The van der Waals surface area contributed by atoms with Crippen LogP contribution in [0.4, 0.5) is 5.69 Å². The molecule has 5 heterocycles.